The van der Waals surface area contributed by atoms with Crippen molar-refractivity contribution in [2.24, 2.45) is 11.8 Å². The Morgan fingerprint density at radius 2 is 2.07 bits per heavy atom. The fraction of sp³-hybridized carbons (Fsp3) is 0.917. The molecule has 1 saturated heterocycles. The van der Waals surface area contributed by atoms with E-state index in [9.17, 15) is 4.79 Å². The lowest BCUT2D eigenvalue weighted by Gasteiger charge is -2.25. The largest absolute Gasteiger partial charge is 0.372 e. The van der Waals surface area contributed by atoms with Crippen LogP contribution < -0.4 is 5.32 Å². The maximum atomic E-state index is 11.1. The Morgan fingerprint density at radius 3 is 2.53 bits per heavy atom. The molecule has 0 aromatic heterocycles. The predicted molar refractivity (Wildman–Crippen MR) is 60.6 cm³/mol. The summed E-state index contributed by atoms with van der Waals surface area (Å²) in [5.74, 6) is 0.931. The molecule has 1 amide bonds. The molecular formula is C12H23NO2. The minimum Gasteiger partial charge on any atom is -0.372 e. The highest BCUT2D eigenvalue weighted by molar-refractivity contribution is 5.73. The predicted octanol–water partition coefficient (Wildman–Crippen LogP) is 1.96. The third-order valence-electron chi connectivity index (χ3n) is 3.61. The fourth-order valence-electron chi connectivity index (χ4n) is 2.22. The van der Waals surface area contributed by atoms with Crippen LogP contribution in [0.25, 0.3) is 0 Å². The van der Waals surface area contributed by atoms with Crippen LogP contribution in [-0.2, 0) is 9.53 Å². The molecule has 1 rings (SSSR count). The first-order valence-corrected chi connectivity index (χ1v) is 5.89. The van der Waals surface area contributed by atoms with E-state index in [-0.39, 0.29) is 24.2 Å². The first kappa shape index (κ1) is 12.5. The van der Waals surface area contributed by atoms with E-state index in [4.69, 9.17) is 4.74 Å². The van der Waals surface area contributed by atoms with E-state index < -0.39 is 0 Å². The highest BCUT2D eigenvalue weighted by atomic mass is 16.5. The van der Waals surface area contributed by atoms with Crippen LogP contribution in [0.15, 0.2) is 0 Å². The van der Waals surface area contributed by atoms with Gasteiger partial charge in [-0.3, -0.25) is 4.79 Å². The lowest BCUT2D eigenvalue weighted by Crippen LogP contribution is -2.45. The number of rotatable bonds is 3. The quantitative estimate of drug-likeness (QED) is 0.778. The van der Waals surface area contributed by atoms with Gasteiger partial charge in [0.05, 0.1) is 18.2 Å². The first-order chi connectivity index (χ1) is 6.97. The average molecular weight is 213 g/mol. The van der Waals surface area contributed by atoms with Crippen LogP contribution in [-0.4, -0.2) is 24.2 Å². The molecule has 5 atom stereocenters. The lowest BCUT2D eigenvalue weighted by atomic mass is 9.89. The van der Waals surface area contributed by atoms with E-state index in [2.05, 4.69) is 33.0 Å². The molecule has 1 fully saturated rings. The van der Waals surface area contributed by atoms with Gasteiger partial charge in [-0.2, -0.15) is 0 Å². The van der Waals surface area contributed by atoms with Gasteiger partial charge >= 0.3 is 0 Å². The SMILES string of the molecule is CCC(C)C1OC(C)C(C)C1NC(C)=O. The van der Waals surface area contributed by atoms with Crippen molar-refractivity contribution in [3.8, 4) is 0 Å². The summed E-state index contributed by atoms with van der Waals surface area (Å²) in [5, 5.41) is 3.02. The molecule has 0 bridgehead atoms. The maximum absolute atomic E-state index is 11.1. The summed E-state index contributed by atoms with van der Waals surface area (Å²) in [6, 6.07) is 0.174. The van der Waals surface area contributed by atoms with Gasteiger partial charge in [-0.15, -0.1) is 0 Å². The molecule has 3 heteroatoms. The van der Waals surface area contributed by atoms with E-state index in [0.717, 1.165) is 6.42 Å². The highest BCUT2D eigenvalue weighted by Gasteiger charge is 2.41. The second kappa shape index (κ2) is 4.97. The molecule has 1 aliphatic rings. The topological polar surface area (TPSA) is 38.3 Å². The number of ether oxygens (including phenoxy) is 1. The summed E-state index contributed by atoms with van der Waals surface area (Å²) in [7, 11) is 0. The minimum atomic E-state index is 0.0397. The summed E-state index contributed by atoms with van der Waals surface area (Å²) in [6.07, 6.45) is 1.49. The highest BCUT2D eigenvalue weighted by Crippen LogP contribution is 2.31. The van der Waals surface area contributed by atoms with Crippen LogP contribution >= 0.6 is 0 Å². The zero-order valence-electron chi connectivity index (χ0n) is 10.4. The van der Waals surface area contributed by atoms with Gasteiger partial charge in [0.25, 0.3) is 0 Å². The first-order valence-electron chi connectivity index (χ1n) is 5.89. The number of hydrogen-bond donors (Lipinski definition) is 1. The van der Waals surface area contributed by atoms with Crippen molar-refractivity contribution in [1.82, 2.24) is 5.32 Å². The molecule has 1 heterocycles. The average Bonchev–Trinajstić information content (AvgIpc) is 2.44. The van der Waals surface area contributed by atoms with Crippen LogP contribution in [0.5, 0.6) is 0 Å². The minimum absolute atomic E-state index is 0.0397. The second-order valence-corrected chi connectivity index (χ2v) is 4.78. The van der Waals surface area contributed by atoms with Crippen LogP contribution in [0.4, 0.5) is 0 Å². The molecule has 1 aliphatic heterocycles. The molecule has 88 valence electrons. The van der Waals surface area contributed by atoms with Gasteiger partial charge in [-0.05, 0) is 12.8 Å². The Labute approximate surface area is 92.6 Å². The van der Waals surface area contributed by atoms with Crippen molar-refractivity contribution >= 4 is 5.91 Å². The molecule has 0 spiro atoms. The van der Waals surface area contributed by atoms with Gasteiger partial charge in [0.2, 0.25) is 5.91 Å². The van der Waals surface area contributed by atoms with E-state index in [1.807, 2.05) is 0 Å². The molecule has 0 aromatic rings. The molecule has 0 aliphatic carbocycles. The van der Waals surface area contributed by atoms with Gasteiger partial charge in [-0.1, -0.05) is 27.2 Å². The van der Waals surface area contributed by atoms with E-state index in [0.29, 0.717) is 11.8 Å². The van der Waals surface area contributed by atoms with Gasteiger partial charge < -0.3 is 10.1 Å². The summed E-state index contributed by atoms with van der Waals surface area (Å²) < 4.78 is 5.93. The third kappa shape index (κ3) is 2.71. The van der Waals surface area contributed by atoms with Crippen LogP contribution in [0.1, 0.15) is 41.0 Å². The van der Waals surface area contributed by atoms with Crippen molar-refractivity contribution < 1.29 is 9.53 Å². The fourth-order valence-corrected chi connectivity index (χ4v) is 2.22. The normalized spacial score (nSPS) is 37.7. The Hall–Kier alpha value is -0.570. The van der Waals surface area contributed by atoms with Crippen LogP contribution in [0.2, 0.25) is 0 Å². The van der Waals surface area contributed by atoms with Crippen molar-refractivity contribution in [3.05, 3.63) is 0 Å². The maximum Gasteiger partial charge on any atom is 0.217 e. The van der Waals surface area contributed by atoms with Crippen molar-refractivity contribution in [3.63, 3.8) is 0 Å². The van der Waals surface area contributed by atoms with Crippen molar-refractivity contribution in [1.29, 1.82) is 0 Å². The standard InChI is InChI=1S/C12H23NO2/c1-6-7(2)12-11(13-10(5)14)8(3)9(4)15-12/h7-9,11-12H,6H2,1-5H3,(H,13,14). The van der Waals surface area contributed by atoms with Gasteiger partial charge in [0.1, 0.15) is 0 Å². The molecule has 1 N–H and O–H groups in total. The zero-order valence-corrected chi connectivity index (χ0v) is 10.4. The number of hydrogen-bond acceptors (Lipinski definition) is 2. The Balaban J connectivity index is 2.72. The number of carbonyl (C=O) groups excluding carboxylic acids is 1. The summed E-state index contributed by atoms with van der Waals surface area (Å²) in [6.45, 7) is 10.1. The lowest BCUT2D eigenvalue weighted by molar-refractivity contribution is -0.120. The Morgan fingerprint density at radius 1 is 1.47 bits per heavy atom. The summed E-state index contributed by atoms with van der Waals surface area (Å²) in [5.41, 5.74) is 0. The Kier molecular flexibility index (Phi) is 4.14. The molecule has 0 radical (unpaired) electrons. The smallest absolute Gasteiger partial charge is 0.217 e. The second-order valence-electron chi connectivity index (χ2n) is 4.78. The number of nitrogens with one attached hydrogen (secondary N) is 1. The van der Waals surface area contributed by atoms with Crippen molar-refractivity contribution in [2.75, 3.05) is 0 Å². The molecule has 3 nitrogen and oxygen atoms in total. The van der Waals surface area contributed by atoms with Gasteiger partial charge in [-0.25, -0.2) is 0 Å². The number of carbonyl (C=O) groups is 1. The third-order valence-corrected chi connectivity index (χ3v) is 3.61. The van der Waals surface area contributed by atoms with Gasteiger partial charge in [0, 0.05) is 12.8 Å². The van der Waals surface area contributed by atoms with Crippen LogP contribution in [0, 0.1) is 11.8 Å². The molecular weight excluding hydrogens is 190 g/mol. The van der Waals surface area contributed by atoms with E-state index in [1.165, 1.54) is 0 Å². The van der Waals surface area contributed by atoms with E-state index >= 15 is 0 Å². The zero-order chi connectivity index (χ0) is 11.6. The molecule has 5 unspecified atom stereocenters. The summed E-state index contributed by atoms with van der Waals surface area (Å²) in [4.78, 5) is 11.1. The van der Waals surface area contributed by atoms with Gasteiger partial charge in [0.15, 0.2) is 0 Å². The molecule has 0 aromatic carbocycles. The summed E-state index contributed by atoms with van der Waals surface area (Å²) >= 11 is 0. The molecule has 15 heavy (non-hydrogen) atoms. The Bertz CT molecular complexity index is 230. The molecule has 0 saturated carbocycles. The van der Waals surface area contributed by atoms with E-state index in [1.54, 1.807) is 6.92 Å². The monoisotopic (exact) mass is 213 g/mol. The van der Waals surface area contributed by atoms with Crippen LogP contribution in [0.3, 0.4) is 0 Å². The number of amides is 1. The van der Waals surface area contributed by atoms with Crippen molar-refractivity contribution in [2.45, 2.75) is 59.3 Å².